The topological polar surface area (TPSA) is 62.2 Å². The van der Waals surface area contributed by atoms with E-state index >= 15 is 0 Å². The van der Waals surface area contributed by atoms with Gasteiger partial charge in [-0.15, -0.1) is 0 Å². The van der Waals surface area contributed by atoms with Gasteiger partial charge in [0.2, 0.25) is 0 Å². The Labute approximate surface area is 102 Å². The number of nitrogens with zero attached hydrogens (tertiary/aromatic N) is 1. The SMILES string of the molecule is Cc1cc(NC(C)C(C)C)c(C(=O)O)c(C)n1. The first kappa shape index (κ1) is 13.5. The number of pyridine rings is 1. The monoisotopic (exact) mass is 236 g/mol. The fourth-order valence-electron chi connectivity index (χ4n) is 1.62. The predicted molar refractivity (Wildman–Crippen MR) is 68.6 cm³/mol. The van der Waals surface area contributed by atoms with E-state index in [0.29, 0.717) is 17.3 Å². The molecule has 0 aliphatic heterocycles. The van der Waals surface area contributed by atoms with Gasteiger partial charge < -0.3 is 10.4 Å². The normalized spacial score (nSPS) is 12.6. The van der Waals surface area contributed by atoms with Crippen LogP contribution < -0.4 is 5.32 Å². The average Bonchev–Trinajstić information content (AvgIpc) is 2.14. The number of aryl methyl sites for hydroxylation is 2. The van der Waals surface area contributed by atoms with Gasteiger partial charge in [-0.3, -0.25) is 4.98 Å². The Morgan fingerprint density at radius 2 is 1.94 bits per heavy atom. The van der Waals surface area contributed by atoms with Crippen molar-refractivity contribution in [3.8, 4) is 0 Å². The molecular weight excluding hydrogens is 216 g/mol. The average molecular weight is 236 g/mol. The van der Waals surface area contributed by atoms with Gasteiger partial charge in [0.25, 0.3) is 0 Å². The highest BCUT2D eigenvalue weighted by molar-refractivity contribution is 5.95. The van der Waals surface area contributed by atoms with Crippen LogP contribution in [0.15, 0.2) is 6.07 Å². The third kappa shape index (κ3) is 3.19. The molecule has 1 rings (SSSR count). The van der Waals surface area contributed by atoms with Crippen LogP contribution in [-0.2, 0) is 0 Å². The van der Waals surface area contributed by atoms with E-state index in [2.05, 4.69) is 24.1 Å². The van der Waals surface area contributed by atoms with Gasteiger partial charge in [0, 0.05) is 11.7 Å². The van der Waals surface area contributed by atoms with Gasteiger partial charge in [0.05, 0.1) is 11.4 Å². The quantitative estimate of drug-likeness (QED) is 0.843. The molecule has 0 aliphatic rings. The van der Waals surface area contributed by atoms with Gasteiger partial charge in [0.1, 0.15) is 5.56 Å². The van der Waals surface area contributed by atoms with Crippen LogP contribution in [0, 0.1) is 19.8 Å². The van der Waals surface area contributed by atoms with Gasteiger partial charge >= 0.3 is 5.97 Å². The summed E-state index contributed by atoms with van der Waals surface area (Å²) in [7, 11) is 0. The predicted octanol–water partition coefficient (Wildman–Crippen LogP) is 2.85. The van der Waals surface area contributed by atoms with Crippen molar-refractivity contribution in [3.05, 3.63) is 23.0 Å². The van der Waals surface area contributed by atoms with Crippen LogP contribution in [0.1, 0.15) is 42.5 Å². The lowest BCUT2D eigenvalue weighted by Crippen LogP contribution is -2.23. The highest BCUT2D eigenvalue weighted by atomic mass is 16.4. The fourth-order valence-corrected chi connectivity index (χ4v) is 1.62. The van der Waals surface area contributed by atoms with E-state index in [1.54, 1.807) is 13.0 Å². The lowest BCUT2D eigenvalue weighted by molar-refractivity contribution is 0.0696. The Morgan fingerprint density at radius 3 is 2.41 bits per heavy atom. The molecule has 94 valence electrons. The van der Waals surface area contributed by atoms with Crippen molar-refractivity contribution in [2.75, 3.05) is 5.32 Å². The highest BCUT2D eigenvalue weighted by Crippen LogP contribution is 2.21. The molecule has 0 bridgehead atoms. The van der Waals surface area contributed by atoms with Crippen LogP contribution in [-0.4, -0.2) is 22.1 Å². The summed E-state index contributed by atoms with van der Waals surface area (Å²) in [4.78, 5) is 15.4. The molecule has 0 saturated carbocycles. The molecule has 2 N–H and O–H groups in total. The summed E-state index contributed by atoms with van der Waals surface area (Å²) in [5.74, 6) is -0.501. The largest absolute Gasteiger partial charge is 0.478 e. The van der Waals surface area contributed by atoms with Crippen molar-refractivity contribution in [1.82, 2.24) is 4.98 Å². The molecule has 1 heterocycles. The van der Waals surface area contributed by atoms with Gasteiger partial charge in [-0.05, 0) is 32.8 Å². The molecule has 17 heavy (non-hydrogen) atoms. The van der Waals surface area contributed by atoms with Crippen LogP contribution >= 0.6 is 0 Å². The zero-order chi connectivity index (χ0) is 13.2. The maximum atomic E-state index is 11.2. The minimum atomic E-state index is -0.937. The molecule has 1 aromatic rings. The summed E-state index contributed by atoms with van der Waals surface area (Å²) in [6, 6.07) is 2.00. The standard InChI is InChI=1S/C13H20N2O2/c1-7(2)9(4)15-11-6-8(3)14-10(5)12(11)13(16)17/h6-7,9H,1-5H3,(H,14,15)(H,16,17). The zero-order valence-corrected chi connectivity index (χ0v) is 11.0. The molecule has 1 unspecified atom stereocenters. The molecule has 1 aromatic heterocycles. The fraction of sp³-hybridized carbons (Fsp3) is 0.538. The lowest BCUT2D eigenvalue weighted by atomic mass is 10.0. The zero-order valence-electron chi connectivity index (χ0n) is 11.0. The molecule has 0 amide bonds. The van der Waals surface area contributed by atoms with Gasteiger partial charge in [-0.1, -0.05) is 13.8 Å². The number of carboxylic acids is 1. The number of aromatic nitrogens is 1. The Kier molecular flexibility index (Phi) is 4.10. The van der Waals surface area contributed by atoms with Crippen molar-refractivity contribution in [2.24, 2.45) is 5.92 Å². The Hall–Kier alpha value is -1.58. The van der Waals surface area contributed by atoms with Crippen LogP contribution in [0.3, 0.4) is 0 Å². The van der Waals surface area contributed by atoms with E-state index in [4.69, 9.17) is 0 Å². The third-order valence-electron chi connectivity index (χ3n) is 2.93. The molecule has 1 atom stereocenters. The lowest BCUT2D eigenvalue weighted by Gasteiger charge is -2.21. The van der Waals surface area contributed by atoms with Gasteiger partial charge in [-0.2, -0.15) is 0 Å². The van der Waals surface area contributed by atoms with Crippen molar-refractivity contribution >= 4 is 11.7 Å². The number of nitrogens with one attached hydrogen (secondary N) is 1. The Morgan fingerprint density at radius 1 is 1.35 bits per heavy atom. The number of aromatic carboxylic acids is 1. The van der Waals surface area contributed by atoms with Crippen LogP contribution in [0.2, 0.25) is 0 Å². The third-order valence-corrected chi connectivity index (χ3v) is 2.93. The maximum absolute atomic E-state index is 11.2. The van der Waals surface area contributed by atoms with E-state index in [0.717, 1.165) is 5.69 Å². The van der Waals surface area contributed by atoms with Crippen molar-refractivity contribution < 1.29 is 9.90 Å². The number of anilines is 1. The number of hydrogen-bond donors (Lipinski definition) is 2. The molecule has 0 aliphatic carbocycles. The summed E-state index contributed by atoms with van der Waals surface area (Å²) in [5.41, 5.74) is 2.30. The van der Waals surface area contributed by atoms with E-state index in [9.17, 15) is 9.90 Å². The van der Waals surface area contributed by atoms with Crippen molar-refractivity contribution in [3.63, 3.8) is 0 Å². The summed E-state index contributed by atoms with van der Waals surface area (Å²) in [5, 5.41) is 12.5. The minimum Gasteiger partial charge on any atom is -0.478 e. The van der Waals surface area contributed by atoms with Gasteiger partial charge in [0.15, 0.2) is 0 Å². The first-order valence-corrected chi connectivity index (χ1v) is 5.81. The molecule has 4 nitrogen and oxygen atoms in total. The van der Waals surface area contributed by atoms with Crippen LogP contribution in [0.4, 0.5) is 5.69 Å². The first-order chi connectivity index (χ1) is 7.82. The van der Waals surface area contributed by atoms with E-state index in [1.165, 1.54) is 0 Å². The van der Waals surface area contributed by atoms with Crippen LogP contribution in [0.5, 0.6) is 0 Å². The highest BCUT2D eigenvalue weighted by Gasteiger charge is 2.17. The second kappa shape index (κ2) is 5.17. The van der Waals surface area contributed by atoms with E-state index in [1.807, 2.05) is 13.8 Å². The minimum absolute atomic E-state index is 0.217. The molecule has 0 fully saturated rings. The summed E-state index contributed by atoms with van der Waals surface area (Å²) in [6.07, 6.45) is 0. The van der Waals surface area contributed by atoms with Gasteiger partial charge in [-0.25, -0.2) is 4.79 Å². The molecular formula is C13H20N2O2. The Bertz CT molecular complexity index is 428. The molecule has 0 saturated heterocycles. The number of hydrogen-bond acceptors (Lipinski definition) is 3. The Balaban J connectivity index is 3.17. The molecule has 0 spiro atoms. The summed E-state index contributed by atoms with van der Waals surface area (Å²) in [6.45, 7) is 9.82. The number of rotatable bonds is 4. The first-order valence-electron chi connectivity index (χ1n) is 5.81. The second-order valence-corrected chi connectivity index (χ2v) is 4.75. The summed E-state index contributed by atoms with van der Waals surface area (Å²) < 4.78 is 0. The van der Waals surface area contributed by atoms with E-state index in [-0.39, 0.29) is 11.6 Å². The maximum Gasteiger partial charge on any atom is 0.339 e. The summed E-state index contributed by atoms with van der Waals surface area (Å²) >= 11 is 0. The van der Waals surface area contributed by atoms with Crippen molar-refractivity contribution in [1.29, 1.82) is 0 Å². The number of carboxylic acid groups (broad SMARTS) is 1. The smallest absolute Gasteiger partial charge is 0.339 e. The molecule has 0 aromatic carbocycles. The van der Waals surface area contributed by atoms with Crippen molar-refractivity contribution in [2.45, 2.75) is 40.7 Å². The molecule has 0 radical (unpaired) electrons. The second-order valence-electron chi connectivity index (χ2n) is 4.75. The van der Waals surface area contributed by atoms with Crippen LogP contribution in [0.25, 0.3) is 0 Å². The number of carbonyl (C=O) groups is 1. The molecule has 4 heteroatoms. The van der Waals surface area contributed by atoms with E-state index < -0.39 is 5.97 Å².